The monoisotopic (exact) mass is 464 g/mol. The van der Waals surface area contributed by atoms with Gasteiger partial charge in [-0.2, -0.15) is 0 Å². The van der Waals surface area contributed by atoms with E-state index in [2.05, 4.69) is 39.8 Å². The van der Waals surface area contributed by atoms with Gasteiger partial charge in [0.2, 0.25) is 5.91 Å². The predicted molar refractivity (Wildman–Crippen MR) is 128 cm³/mol. The molecule has 1 fully saturated rings. The lowest BCUT2D eigenvalue weighted by atomic mass is 10.1. The van der Waals surface area contributed by atoms with E-state index in [4.69, 9.17) is 4.74 Å². The highest BCUT2D eigenvalue weighted by Gasteiger charge is 2.37. The Kier molecular flexibility index (Phi) is 7.92. The van der Waals surface area contributed by atoms with E-state index in [1.54, 1.807) is 12.1 Å². The number of carbonyl (C=O) groups excluding carboxylic acids is 3. The second kappa shape index (κ2) is 11.3. The Morgan fingerprint density at radius 3 is 2.59 bits per heavy atom. The summed E-state index contributed by atoms with van der Waals surface area (Å²) in [5.41, 5.74) is 3.66. The van der Waals surface area contributed by atoms with Crippen molar-refractivity contribution in [1.29, 1.82) is 0 Å². The molecule has 2 aromatic carbocycles. The van der Waals surface area contributed by atoms with Gasteiger partial charge in [-0.15, -0.1) is 0 Å². The van der Waals surface area contributed by atoms with Crippen molar-refractivity contribution < 1.29 is 19.1 Å². The minimum Gasteiger partial charge on any atom is -0.489 e. The second-order valence-corrected chi connectivity index (χ2v) is 8.72. The van der Waals surface area contributed by atoms with Gasteiger partial charge < -0.3 is 25.1 Å². The molecule has 2 aliphatic rings. The number of carbonyl (C=O) groups is 3. The van der Waals surface area contributed by atoms with E-state index >= 15 is 0 Å². The van der Waals surface area contributed by atoms with Crippen molar-refractivity contribution in [1.82, 2.24) is 20.4 Å². The zero-order valence-corrected chi connectivity index (χ0v) is 19.6. The van der Waals surface area contributed by atoms with Crippen LogP contribution in [0.4, 0.5) is 0 Å². The lowest BCUT2D eigenvalue weighted by Gasteiger charge is -2.27. The summed E-state index contributed by atoms with van der Waals surface area (Å²) in [6.07, 6.45) is 1.28. The molecule has 0 radical (unpaired) electrons. The van der Waals surface area contributed by atoms with Gasteiger partial charge >= 0.3 is 0 Å². The number of hydrogen-bond donors (Lipinski definition) is 2. The third kappa shape index (κ3) is 5.46. The van der Waals surface area contributed by atoms with Crippen LogP contribution in [0.1, 0.15) is 39.9 Å². The second-order valence-electron chi connectivity index (χ2n) is 8.72. The van der Waals surface area contributed by atoms with Crippen molar-refractivity contribution in [2.75, 3.05) is 33.2 Å². The predicted octanol–water partition coefficient (Wildman–Crippen LogP) is 1.72. The molecule has 2 amide bonds. The zero-order valence-electron chi connectivity index (χ0n) is 19.6. The van der Waals surface area contributed by atoms with E-state index in [1.165, 1.54) is 17.5 Å². The molecule has 0 saturated carbocycles. The summed E-state index contributed by atoms with van der Waals surface area (Å²) < 4.78 is 6.11. The van der Waals surface area contributed by atoms with E-state index in [-0.39, 0.29) is 24.8 Å². The SMILES string of the molecule is CNC(=O)C(CCC=O)N1Cc2c(OCc3ccc(CN4CCNCC4)cc3)cccc2C1=O. The normalized spacial score (nSPS) is 16.7. The quantitative estimate of drug-likeness (QED) is 0.521. The van der Waals surface area contributed by atoms with Crippen molar-refractivity contribution in [3.8, 4) is 5.75 Å². The first-order valence-electron chi connectivity index (χ1n) is 11.8. The van der Waals surface area contributed by atoms with Gasteiger partial charge in [-0.3, -0.25) is 14.5 Å². The van der Waals surface area contributed by atoms with Crippen molar-refractivity contribution in [2.45, 2.75) is 38.6 Å². The first kappa shape index (κ1) is 23.9. The molecule has 0 aliphatic carbocycles. The van der Waals surface area contributed by atoms with Gasteiger partial charge in [0.25, 0.3) is 5.91 Å². The van der Waals surface area contributed by atoms with Gasteiger partial charge in [-0.05, 0) is 29.7 Å². The third-order valence-corrected chi connectivity index (χ3v) is 6.47. The zero-order chi connectivity index (χ0) is 23.9. The average molecular weight is 465 g/mol. The number of ether oxygens (including phenoxy) is 1. The number of hydrogen-bond acceptors (Lipinski definition) is 6. The highest BCUT2D eigenvalue weighted by molar-refractivity contribution is 6.01. The minimum atomic E-state index is -0.689. The number of nitrogens with zero attached hydrogens (tertiary/aromatic N) is 2. The maximum Gasteiger partial charge on any atom is 0.255 e. The van der Waals surface area contributed by atoms with E-state index in [1.807, 2.05) is 6.07 Å². The molecule has 0 aromatic heterocycles. The number of amides is 2. The largest absolute Gasteiger partial charge is 0.489 e. The number of aldehydes is 1. The Labute approximate surface area is 200 Å². The van der Waals surface area contributed by atoms with Gasteiger partial charge in [0.05, 0.1) is 6.54 Å². The molecular weight excluding hydrogens is 432 g/mol. The summed E-state index contributed by atoms with van der Waals surface area (Å²) in [4.78, 5) is 40.3. The molecule has 8 nitrogen and oxygen atoms in total. The lowest BCUT2D eigenvalue weighted by Crippen LogP contribution is -2.46. The van der Waals surface area contributed by atoms with E-state index < -0.39 is 6.04 Å². The lowest BCUT2D eigenvalue weighted by molar-refractivity contribution is -0.125. The molecule has 34 heavy (non-hydrogen) atoms. The first-order chi connectivity index (χ1) is 16.6. The van der Waals surface area contributed by atoms with Crippen LogP contribution in [0.15, 0.2) is 42.5 Å². The van der Waals surface area contributed by atoms with Gasteiger partial charge in [-0.25, -0.2) is 0 Å². The maximum absolute atomic E-state index is 13.0. The fourth-order valence-corrected chi connectivity index (χ4v) is 4.56. The Balaban J connectivity index is 1.41. The van der Waals surface area contributed by atoms with Crippen LogP contribution >= 0.6 is 0 Å². The molecule has 1 unspecified atom stereocenters. The van der Waals surface area contributed by atoms with Crippen LogP contribution in [-0.4, -0.2) is 67.2 Å². The molecule has 2 N–H and O–H groups in total. The standard InChI is InChI=1S/C26H32N4O4/c1-27-25(32)23(5-3-15-31)30-17-22-21(26(30)33)4-2-6-24(22)34-18-20-9-7-19(8-10-20)16-29-13-11-28-12-14-29/h2,4,6-10,15,23,28H,3,5,11-14,16-18H2,1H3,(H,27,32). The molecule has 8 heteroatoms. The average Bonchev–Trinajstić information content (AvgIpc) is 3.21. The molecule has 2 aliphatic heterocycles. The van der Waals surface area contributed by atoms with Crippen molar-refractivity contribution in [3.63, 3.8) is 0 Å². The van der Waals surface area contributed by atoms with Crippen LogP contribution < -0.4 is 15.4 Å². The summed E-state index contributed by atoms with van der Waals surface area (Å²) in [5, 5.41) is 5.98. The fourth-order valence-electron chi connectivity index (χ4n) is 4.56. The van der Waals surface area contributed by atoms with Gasteiger partial charge in [-0.1, -0.05) is 30.3 Å². The van der Waals surface area contributed by atoms with Crippen LogP contribution in [0, 0.1) is 0 Å². The van der Waals surface area contributed by atoms with Crippen molar-refractivity contribution in [3.05, 3.63) is 64.7 Å². The summed E-state index contributed by atoms with van der Waals surface area (Å²) in [7, 11) is 1.54. The van der Waals surface area contributed by atoms with Crippen molar-refractivity contribution in [2.24, 2.45) is 0 Å². The number of likely N-dealkylation sites (N-methyl/N-ethyl adjacent to an activating group) is 1. The van der Waals surface area contributed by atoms with Crippen LogP contribution in [0.5, 0.6) is 5.75 Å². The molecule has 0 spiro atoms. The van der Waals surface area contributed by atoms with E-state index in [0.717, 1.165) is 50.1 Å². The van der Waals surface area contributed by atoms with Gasteiger partial charge in [0.15, 0.2) is 0 Å². The summed E-state index contributed by atoms with van der Waals surface area (Å²) in [6.45, 7) is 5.82. The number of piperazine rings is 1. The van der Waals surface area contributed by atoms with Crippen LogP contribution in [0.3, 0.4) is 0 Å². The Morgan fingerprint density at radius 1 is 1.15 bits per heavy atom. The highest BCUT2D eigenvalue weighted by Crippen LogP contribution is 2.33. The molecule has 2 heterocycles. The summed E-state index contributed by atoms with van der Waals surface area (Å²) in [6, 6.07) is 13.2. The number of rotatable bonds is 10. The topological polar surface area (TPSA) is 91.0 Å². The van der Waals surface area contributed by atoms with Gasteiger partial charge in [0.1, 0.15) is 24.7 Å². The minimum absolute atomic E-state index is 0.211. The van der Waals surface area contributed by atoms with Crippen LogP contribution in [0.25, 0.3) is 0 Å². The Bertz CT molecular complexity index is 1020. The Morgan fingerprint density at radius 2 is 1.88 bits per heavy atom. The van der Waals surface area contributed by atoms with E-state index in [0.29, 0.717) is 24.3 Å². The first-order valence-corrected chi connectivity index (χ1v) is 11.8. The number of nitrogens with one attached hydrogen (secondary N) is 2. The van der Waals surface area contributed by atoms with Crippen molar-refractivity contribution >= 4 is 18.1 Å². The van der Waals surface area contributed by atoms with Crippen LogP contribution in [-0.2, 0) is 29.3 Å². The molecular formula is C26H32N4O4. The fraction of sp³-hybridized carbons (Fsp3) is 0.423. The molecule has 4 rings (SSSR count). The van der Waals surface area contributed by atoms with E-state index in [9.17, 15) is 14.4 Å². The molecule has 0 bridgehead atoms. The third-order valence-electron chi connectivity index (χ3n) is 6.47. The Hall–Kier alpha value is -3.23. The molecule has 1 atom stereocenters. The molecule has 180 valence electrons. The number of benzene rings is 2. The summed E-state index contributed by atoms with van der Waals surface area (Å²) in [5.74, 6) is 0.160. The smallest absolute Gasteiger partial charge is 0.255 e. The summed E-state index contributed by atoms with van der Waals surface area (Å²) >= 11 is 0. The molecule has 1 saturated heterocycles. The van der Waals surface area contributed by atoms with Crippen LogP contribution in [0.2, 0.25) is 0 Å². The maximum atomic E-state index is 13.0. The number of fused-ring (bicyclic) bond motifs is 1. The molecule has 2 aromatic rings. The highest BCUT2D eigenvalue weighted by atomic mass is 16.5. The van der Waals surface area contributed by atoms with Gasteiger partial charge in [0, 0.05) is 57.3 Å².